The molecule has 1 N–H and O–H groups in total. The molecule has 4 heteroatoms. The van der Waals surface area contributed by atoms with Gasteiger partial charge in [-0.3, -0.25) is 10.1 Å². The van der Waals surface area contributed by atoms with Crippen LogP contribution >= 0.6 is 0 Å². The summed E-state index contributed by atoms with van der Waals surface area (Å²) in [6.45, 7) is 3.82. The topological polar surface area (TPSA) is 63.4 Å². The molecule has 0 fully saturated rings. The van der Waals surface area contributed by atoms with E-state index in [0.29, 0.717) is 18.4 Å². The highest BCUT2D eigenvalue weighted by Crippen LogP contribution is 2.36. The molecule has 0 aliphatic carbocycles. The Morgan fingerprint density at radius 2 is 1.88 bits per heavy atom. The lowest BCUT2D eigenvalue weighted by atomic mass is 9.76. The summed E-state index contributed by atoms with van der Waals surface area (Å²) in [7, 11) is 0. The Bertz CT molecular complexity index is 364. The second kappa shape index (κ2) is 5.07. The standard InChI is InChI=1S/C12H17NO3/c1-3-12(4-2,9-14)10-7-5-6-8-11(10)13(15)16/h5-8,14H,3-4,9H2,1-2H3. The maximum absolute atomic E-state index is 10.9. The lowest BCUT2D eigenvalue weighted by molar-refractivity contribution is -0.386. The average Bonchev–Trinajstić information content (AvgIpc) is 2.32. The second-order valence-electron chi connectivity index (χ2n) is 3.92. The van der Waals surface area contributed by atoms with Crippen LogP contribution in [0.1, 0.15) is 32.3 Å². The van der Waals surface area contributed by atoms with E-state index in [4.69, 9.17) is 0 Å². The van der Waals surface area contributed by atoms with Crippen molar-refractivity contribution in [2.75, 3.05) is 6.61 Å². The van der Waals surface area contributed by atoms with Crippen LogP contribution in [0.2, 0.25) is 0 Å². The van der Waals surface area contributed by atoms with Gasteiger partial charge in [-0.25, -0.2) is 0 Å². The maximum atomic E-state index is 10.9. The number of nitro groups is 1. The third-order valence-corrected chi connectivity index (χ3v) is 3.33. The van der Waals surface area contributed by atoms with E-state index < -0.39 is 5.41 Å². The number of hydrogen-bond donors (Lipinski definition) is 1. The summed E-state index contributed by atoms with van der Waals surface area (Å²) in [6.07, 6.45) is 1.37. The van der Waals surface area contributed by atoms with E-state index in [-0.39, 0.29) is 17.2 Å². The zero-order valence-electron chi connectivity index (χ0n) is 9.64. The van der Waals surface area contributed by atoms with Gasteiger partial charge in [0.15, 0.2) is 0 Å². The van der Waals surface area contributed by atoms with Crippen molar-refractivity contribution in [3.63, 3.8) is 0 Å². The van der Waals surface area contributed by atoms with Crippen molar-refractivity contribution in [1.29, 1.82) is 0 Å². The highest BCUT2D eigenvalue weighted by molar-refractivity contribution is 5.45. The van der Waals surface area contributed by atoms with Crippen LogP contribution in [0.25, 0.3) is 0 Å². The van der Waals surface area contributed by atoms with Crippen molar-refractivity contribution in [3.05, 3.63) is 39.9 Å². The Labute approximate surface area is 95.1 Å². The molecule has 1 aromatic carbocycles. The number of aliphatic hydroxyl groups excluding tert-OH is 1. The third kappa shape index (κ3) is 2.07. The van der Waals surface area contributed by atoms with E-state index in [2.05, 4.69) is 0 Å². The number of nitrogens with zero attached hydrogens (tertiary/aromatic N) is 1. The zero-order valence-corrected chi connectivity index (χ0v) is 9.64. The molecule has 0 aromatic heterocycles. The number of benzene rings is 1. The largest absolute Gasteiger partial charge is 0.395 e. The van der Waals surface area contributed by atoms with Crippen LogP contribution in [0, 0.1) is 10.1 Å². The Hall–Kier alpha value is -1.42. The average molecular weight is 223 g/mol. The van der Waals surface area contributed by atoms with Gasteiger partial charge in [-0.2, -0.15) is 0 Å². The predicted molar refractivity (Wildman–Crippen MR) is 62.4 cm³/mol. The first-order valence-electron chi connectivity index (χ1n) is 5.46. The molecule has 0 saturated heterocycles. The minimum Gasteiger partial charge on any atom is -0.395 e. The van der Waals surface area contributed by atoms with Gasteiger partial charge in [0.2, 0.25) is 0 Å². The SMILES string of the molecule is CCC(CC)(CO)c1ccccc1[N+](=O)[O-]. The highest BCUT2D eigenvalue weighted by atomic mass is 16.6. The maximum Gasteiger partial charge on any atom is 0.273 e. The monoisotopic (exact) mass is 223 g/mol. The van der Waals surface area contributed by atoms with Crippen molar-refractivity contribution in [2.45, 2.75) is 32.1 Å². The number of para-hydroxylation sites is 1. The van der Waals surface area contributed by atoms with E-state index in [1.165, 1.54) is 6.07 Å². The van der Waals surface area contributed by atoms with Crippen LogP contribution in [0.3, 0.4) is 0 Å². The molecule has 0 aliphatic rings. The molecule has 0 bridgehead atoms. The zero-order chi connectivity index (χ0) is 12.2. The molecule has 0 spiro atoms. The predicted octanol–water partition coefficient (Wildman–Crippen LogP) is 2.64. The molecule has 0 amide bonds. The van der Waals surface area contributed by atoms with Gasteiger partial charge in [0, 0.05) is 17.0 Å². The van der Waals surface area contributed by atoms with Gasteiger partial charge in [0.05, 0.1) is 11.5 Å². The fraction of sp³-hybridized carbons (Fsp3) is 0.500. The lowest BCUT2D eigenvalue weighted by Crippen LogP contribution is -2.29. The first-order chi connectivity index (χ1) is 7.61. The van der Waals surface area contributed by atoms with Crippen LogP contribution in [0.15, 0.2) is 24.3 Å². The minimum atomic E-state index is -0.496. The van der Waals surface area contributed by atoms with Gasteiger partial charge in [0.25, 0.3) is 5.69 Å². The Kier molecular flexibility index (Phi) is 4.01. The van der Waals surface area contributed by atoms with Crippen LogP contribution in [0.5, 0.6) is 0 Å². The fourth-order valence-corrected chi connectivity index (χ4v) is 2.02. The van der Waals surface area contributed by atoms with Gasteiger partial charge in [0.1, 0.15) is 0 Å². The van der Waals surface area contributed by atoms with Gasteiger partial charge >= 0.3 is 0 Å². The molecule has 0 unspecified atom stereocenters. The molecule has 1 aromatic rings. The van der Waals surface area contributed by atoms with Crippen molar-refractivity contribution >= 4 is 5.69 Å². The molecule has 88 valence electrons. The van der Waals surface area contributed by atoms with E-state index in [1.54, 1.807) is 18.2 Å². The Morgan fingerprint density at radius 3 is 2.31 bits per heavy atom. The molecule has 0 radical (unpaired) electrons. The number of hydrogen-bond acceptors (Lipinski definition) is 3. The summed E-state index contributed by atoms with van der Waals surface area (Å²) in [5, 5.41) is 20.5. The van der Waals surface area contributed by atoms with Gasteiger partial charge in [-0.05, 0) is 12.8 Å². The summed E-state index contributed by atoms with van der Waals surface area (Å²) < 4.78 is 0. The molecule has 4 nitrogen and oxygen atoms in total. The molecule has 16 heavy (non-hydrogen) atoms. The van der Waals surface area contributed by atoms with Crippen LogP contribution in [0.4, 0.5) is 5.69 Å². The van der Waals surface area contributed by atoms with Gasteiger partial charge < -0.3 is 5.11 Å². The minimum absolute atomic E-state index is 0.0646. The number of nitro benzene ring substituents is 1. The normalized spacial score (nSPS) is 11.4. The first kappa shape index (κ1) is 12.6. The van der Waals surface area contributed by atoms with Crippen molar-refractivity contribution < 1.29 is 10.0 Å². The van der Waals surface area contributed by atoms with E-state index in [0.717, 1.165) is 0 Å². The molecule has 1 rings (SSSR count). The summed E-state index contributed by atoms with van der Waals surface area (Å²) >= 11 is 0. The van der Waals surface area contributed by atoms with E-state index >= 15 is 0 Å². The van der Waals surface area contributed by atoms with Crippen LogP contribution in [-0.2, 0) is 5.41 Å². The lowest BCUT2D eigenvalue weighted by Gasteiger charge is -2.29. The molecular weight excluding hydrogens is 206 g/mol. The molecule has 0 aliphatic heterocycles. The van der Waals surface area contributed by atoms with Crippen molar-refractivity contribution in [3.8, 4) is 0 Å². The van der Waals surface area contributed by atoms with Crippen LogP contribution in [-0.4, -0.2) is 16.6 Å². The third-order valence-electron chi connectivity index (χ3n) is 3.33. The first-order valence-corrected chi connectivity index (χ1v) is 5.46. The summed E-state index contributed by atoms with van der Waals surface area (Å²) in [5.74, 6) is 0. The smallest absolute Gasteiger partial charge is 0.273 e. The van der Waals surface area contributed by atoms with Gasteiger partial charge in [-0.15, -0.1) is 0 Å². The quantitative estimate of drug-likeness (QED) is 0.616. The Balaban J connectivity index is 3.34. The van der Waals surface area contributed by atoms with Gasteiger partial charge in [-0.1, -0.05) is 32.0 Å². The fourth-order valence-electron chi connectivity index (χ4n) is 2.02. The molecule has 0 atom stereocenters. The Morgan fingerprint density at radius 1 is 1.31 bits per heavy atom. The summed E-state index contributed by atoms with van der Waals surface area (Å²) in [6, 6.07) is 6.65. The van der Waals surface area contributed by atoms with E-state index in [9.17, 15) is 15.2 Å². The number of rotatable bonds is 5. The highest BCUT2D eigenvalue weighted by Gasteiger charge is 2.33. The van der Waals surface area contributed by atoms with Crippen molar-refractivity contribution in [1.82, 2.24) is 0 Å². The number of aliphatic hydroxyl groups is 1. The molecule has 0 heterocycles. The van der Waals surface area contributed by atoms with Crippen molar-refractivity contribution in [2.24, 2.45) is 0 Å². The van der Waals surface area contributed by atoms with E-state index in [1.807, 2.05) is 13.8 Å². The molecular formula is C12H17NO3. The summed E-state index contributed by atoms with van der Waals surface area (Å²) in [4.78, 5) is 10.6. The molecule has 0 saturated carbocycles. The summed E-state index contributed by atoms with van der Waals surface area (Å²) in [5.41, 5.74) is 0.233. The van der Waals surface area contributed by atoms with Crippen LogP contribution < -0.4 is 0 Å². The second-order valence-corrected chi connectivity index (χ2v) is 3.92.